The number of hydrogen-bond donors (Lipinski definition) is 1. The summed E-state index contributed by atoms with van der Waals surface area (Å²) in [6.07, 6.45) is 1.77. The summed E-state index contributed by atoms with van der Waals surface area (Å²) in [5.41, 5.74) is 1.01. The summed E-state index contributed by atoms with van der Waals surface area (Å²) in [6, 6.07) is 16.9. The topological polar surface area (TPSA) is 152 Å². The monoisotopic (exact) mass is 730 g/mol. The van der Waals surface area contributed by atoms with Crippen LogP contribution in [0.15, 0.2) is 96.2 Å². The first-order valence-electron chi connectivity index (χ1n) is 17.1. The molecule has 1 unspecified atom stereocenters. The average molecular weight is 731 g/mol. The van der Waals surface area contributed by atoms with Gasteiger partial charge >= 0.3 is 18.2 Å². The molecule has 14 heteroatoms. The van der Waals surface area contributed by atoms with Gasteiger partial charge in [-0.3, -0.25) is 18.7 Å². The summed E-state index contributed by atoms with van der Waals surface area (Å²) < 4.78 is 30.5. The van der Waals surface area contributed by atoms with Crippen molar-refractivity contribution in [3.63, 3.8) is 0 Å². The van der Waals surface area contributed by atoms with Crippen molar-refractivity contribution < 1.29 is 42.4 Å². The van der Waals surface area contributed by atoms with E-state index >= 15 is 0 Å². The molecule has 13 nitrogen and oxygen atoms in total. The first-order chi connectivity index (χ1) is 24.9. The molecule has 0 spiro atoms. The Morgan fingerprint density at radius 3 is 2.29 bits per heavy atom. The van der Waals surface area contributed by atoms with Crippen molar-refractivity contribution in [2.45, 2.75) is 62.8 Å². The maximum Gasteiger partial charge on any atom is 0.410 e. The van der Waals surface area contributed by atoms with Crippen molar-refractivity contribution in [3.8, 4) is 0 Å². The van der Waals surface area contributed by atoms with Crippen molar-refractivity contribution in [3.05, 3.63) is 107 Å². The molecule has 0 aliphatic carbocycles. The SMILES string of the molecule is C=CCOC(=O)N1CCC(N2CCC(=CC3=C(C(=O)OC(c4ccccc4)c4ccccc4)N4C(=O)[C@@H](NC(=O)OC(C)(C)C)[C@H]4[S@@](=O)C3)C2=O)C1. The zero-order valence-corrected chi connectivity index (χ0v) is 30.1. The van der Waals surface area contributed by atoms with Crippen LogP contribution in [0.4, 0.5) is 9.59 Å². The van der Waals surface area contributed by atoms with E-state index in [4.69, 9.17) is 14.2 Å². The van der Waals surface area contributed by atoms with Gasteiger partial charge in [0.25, 0.3) is 5.91 Å². The summed E-state index contributed by atoms with van der Waals surface area (Å²) in [7, 11) is -1.77. The molecule has 1 N–H and O–H groups in total. The number of amides is 4. The lowest BCUT2D eigenvalue weighted by Crippen LogP contribution is -2.73. The fourth-order valence-electron chi connectivity index (χ4n) is 6.80. The number of likely N-dealkylation sites (tertiary alicyclic amines) is 2. The van der Waals surface area contributed by atoms with Crippen molar-refractivity contribution in [1.29, 1.82) is 0 Å². The van der Waals surface area contributed by atoms with E-state index in [1.807, 2.05) is 60.7 Å². The highest BCUT2D eigenvalue weighted by Gasteiger charge is 2.58. The Balaban J connectivity index is 1.31. The lowest BCUT2D eigenvalue weighted by Gasteiger charge is -2.49. The molecule has 0 bridgehead atoms. The molecule has 0 radical (unpaired) electrons. The molecule has 2 aromatic carbocycles. The zero-order valence-electron chi connectivity index (χ0n) is 29.3. The third kappa shape index (κ3) is 7.66. The highest BCUT2D eigenvalue weighted by Crippen LogP contribution is 2.39. The number of carbonyl (C=O) groups is 5. The molecule has 274 valence electrons. The molecule has 4 amide bonds. The Morgan fingerprint density at radius 2 is 1.67 bits per heavy atom. The largest absolute Gasteiger partial charge is 0.448 e. The number of esters is 1. The molecule has 4 atom stereocenters. The lowest BCUT2D eigenvalue weighted by molar-refractivity contribution is -0.153. The van der Waals surface area contributed by atoms with Gasteiger partial charge in [-0.15, -0.1) is 0 Å². The molecule has 3 saturated heterocycles. The smallest absolute Gasteiger partial charge is 0.410 e. The highest BCUT2D eigenvalue weighted by molar-refractivity contribution is 7.86. The predicted molar refractivity (Wildman–Crippen MR) is 191 cm³/mol. The number of fused-ring (bicyclic) bond motifs is 1. The van der Waals surface area contributed by atoms with Gasteiger partial charge < -0.3 is 29.3 Å². The average Bonchev–Trinajstić information content (AvgIpc) is 3.75. The Kier molecular flexibility index (Phi) is 10.7. The van der Waals surface area contributed by atoms with E-state index in [9.17, 15) is 28.2 Å². The number of nitrogens with zero attached hydrogens (tertiary/aromatic N) is 3. The van der Waals surface area contributed by atoms with Crippen LogP contribution < -0.4 is 5.32 Å². The van der Waals surface area contributed by atoms with Gasteiger partial charge in [0.2, 0.25) is 5.91 Å². The van der Waals surface area contributed by atoms with Gasteiger partial charge in [-0.25, -0.2) is 14.4 Å². The van der Waals surface area contributed by atoms with E-state index < -0.39 is 58.0 Å². The van der Waals surface area contributed by atoms with Gasteiger partial charge in [-0.2, -0.15) is 0 Å². The molecule has 3 fully saturated rings. The van der Waals surface area contributed by atoms with E-state index in [1.54, 1.807) is 36.6 Å². The third-order valence-electron chi connectivity index (χ3n) is 9.14. The van der Waals surface area contributed by atoms with Crippen LogP contribution in [-0.2, 0) is 39.4 Å². The third-order valence-corrected chi connectivity index (χ3v) is 10.8. The molecule has 0 saturated carbocycles. The molecule has 4 aliphatic rings. The van der Waals surface area contributed by atoms with Gasteiger partial charge in [0.05, 0.1) is 22.6 Å². The van der Waals surface area contributed by atoms with Gasteiger partial charge in [-0.05, 0) is 56.4 Å². The van der Waals surface area contributed by atoms with E-state index in [2.05, 4.69) is 11.9 Å². The first kappa shape index (κ1) is 36.5. The maximum atomic E-state index is 14.4. The second kappa shape index (κ2) is 15.2. The molecule has 2 aromatic rings. The van der Waals surface area contributed by atoms with Crippen LogP contribution in [0.5, 0.6) is 0 Å². The van der Waals surface area contributed by atoms with Gasteiger partial charge in [0.15, 0.2) is 6.10 Å². The van der Waals surface area contributed by atoms with Crippen LogP contribution in [0.2, 0.25) is 0 Å². The summed E-state index contributed by atoms with van der Waals surface area (Å²) in [6.45, 7) is 9.83. The molecule has 4 aliphatic heterocycles. The number of rotatable bonds is 9. The predicted octanol–water partition coefficient (Wildman–Crippen LogP) is 3.95. The van der Waals surface area contributed by atoms with Crippen LogP contribution in [0.25, 0.3) is 0 Å². The Hall–Kier alpha value is -5.24. The second-order valence-electron chi connectivity index (χ2n) is 13.9. The number of nitrogens with one attached hydrogen (secondary N) is 1. The number of β-lactam (4-membered cyclic amide) rings is 1. The van der Waals surface area contributed by atoms with E-state index in [0.29, 0.717) is 49.2 Å². The number of alkyl carbamates (subject to hydrolysis) is 1. The molecular formula is C38H42N4O9S. The van der Waals surface area contributed by atoms with Crippen LogP contribution >= 0.6 is 0 Å². The number of benzene rings is 2. The summed E-state index contributed by atoms with van der Waals surface area (Å²) >= 11 is 0. The normalized spacial score (nSPS) is 23.8. The Labute approximate surface area is 304 Å². The molecule has 0 aromatic heterocycles. The first-order valence-corrected chi connectivity index (χ1v) is 18.5. The number of allylic oxidation sites excluding steroid dienone is 1. The summed E-state index contributed by atoms with van der Waals surface area (Å²) in [5.74, 6) is -1.94. The lowest BCUT2D eigenvalue weighted by atomic mass is 10.00. The maximum absolute atomic E-state index is 14.4. The van der Waals surface area contributed by atoms with Crippen molar-refractivity contribution in [2.75, 3.05) is 32.0 Å². The van der Waals surface area contributed by atoms with Crippen LogP contribution in [0.3, 0.4) is 0 Å². The quantitative estimate of drug-likeness (QED) is 0.133. The van der Waals surface area contributed by atoms with Crippen LogP contribution in [-0.4, -0.2) is 104 Å². The standard InChI is InChI=1S/C38H42N4O9S/c1-5-20-49-37(47)40-18-17-28(22-40)41-19-16-26(32(41)43)21-27-23-52(48)34-29(39-36(46)51-38(2,3)4)33(44)42(34)30(27)35(45)50-31(24-12-8-6-9-13-24)25-14-10-7-11-15-25/h5-15,21,28-29,31,34H,1,16-20,22-23H2,2-4H3,(H,39,46)/t28?,29-,34-,52+/m1/s1. The van der Waals surface area contributed by atoms with E-state index in [1.165, 1.54) is 6.08 Å². The minimum Gasteiger partial charge on any atom is -0.448 e. The molecule has 6 rings (SSSR count). The van der Waals surface area contributed by atoms with E-state index in [-0.39, 0.29) is 35.6 Å². The fraction of sp³-hybridized carbons (Fsp3) is 0.395. The Bertz CT molecular complexity index is 1800. The van der Waals surface area contributed by atoms with Gasteiger partial charge in [0, 0.05) is 25.2 Å². The highest BCUT2D eigenvalue weighted by atomic mass is 32.2. The fourth-order valence-corrected chi connectivity index (χ4v) is 8.43. The van der Waals surface area contributed by atoms with Gasteiger partial charge in [0.1, 0.15) is 29.3 Å². The Morgan fingerprint density at radius 1 is 1.02 bits per heavy atom. The second-order valence-corrected chi connectivity index (χ2v) is 15.4. The number of ether oxygens (including phenoxy) is 3. The van der Waals surface area contributed by atoms with Gasteiger partial charge in [-0.1, -0.05) is 73.3 Å². The molecule has 4 heterocycles. The summed E-state index contributed by atoms with van der Waals surface area (Å²) in [4.78, 5) is 71.3. The van der Waals surface area contributed by atoms with Crippen molar-refractivity contribution >= 4 is 40.8 Å². The van der Waals surface area contributed by atoms with Crippen LogP contribution in [0.1, 0.15) is 50.8 Å². The number of hydrogen-bond acceptors (Lipinski definition) is 9. The van der Waals surface area contributed by atoms with Crippen LogP contribution in [0, 0.1) is 0 Å². The minimum absolute atomic E-state index is 0.0897. The van der Waals surface area contributed by atoms with Crippen molar-refractivity contribution in [1.82, 2.24) is 20.0 Å². The molecule has 52 heavy (non-hydrogen) atoms. The zero-order chi connectivity index (χ0) is 37.2. The number of carbonyl (C=O) groups excluding carboxylic acids is 5. The minimum atomic E-state index is -1.77. The van der Waals surface area contributed by atoms with E-state index in [0.717, 1.165) is 4.90 Å². The summed E-state index contributed by atoms with van der Waals surface area (Å²) in [5, 5.41) is 1.46. The van der Waals surface area contributed by atoms with Crippen molar-refractivity contribution in [2.24, 2.45) is 0 Å². The molecular weight excluding hydrogens is 689 g/mol.